The SMILES string of the molecule is COC1OC(CO)C(C)C(O)C1OC. The van der Waals surface area contributed by atoms with E-state index < -0.39 is 24.6 Å². The number of methoxy groups -OCH3 is 2. The van der Waals surface area contributed by atoms with Crippen molar-refractivity contribution in [3.63, 3.8) is 0 Å². The summed E-state index contributed by atoms with van der Waals surface area (Å²) in [5.74, 6) is -0.170. The average molecular weight is 206 g/mol. The lowest BCUT2D eigenvalue weighted by Crippen LogP contribution is -2.55. The Kier molecular flexibility index (Phi) is 4.28. The molecule has 0 amide bonds. The second-order valence-electron chi connectivity index (χ2n) is 3.51. The maximum atomic E-state index is 9.84. The summed E-state index contributed by atoms with van der Waals surface area (Å²) < 4.78 is 15.5. The van der Waals surface area contributed by atoms with Crippen LogP contribution in [0.5, 0.6) is 0 Å². The number of aliphatic hydroxyl groups is 2. The minimum Gasteiger partial charge on any atom is -0.394 e. The largest absolute Gasteiger partial charge is 0.394 e. The van der Waals surface area contributed by atoms with Gasteiger partial charge in [0.25, 0.3) is 0 Å². The van der Waals surface area contributed by atoms with Crippen LogP contribution in [0.1, 0.15) is 6.92 Å². The topological polar surface area (TPSA) is 68.2 Å². The molecule has 0 bridgehead atoms. The molecule has 5 unspecified atom stereocenters. The second kappa shape index (κ2) is 5.04. The molecule has 1 fully saturated rings. The first-order valence-electron chi connectivity index (χ1n) is 4.65. The van der Waals surface area contributed by atoms with Crippen LogP contribution in [-0.4, -0.2) is 55.6 Å². The highest BCUT2D eigenvalue weighted by Crippen LogP contribution is 2.27. The predicted octanol–water partition coefficient (Wildman–Crippen LogP) is -0.638. The molecule has 14 heavy (non-hydrogen) atoms. The highest BCUT2D eigenvalue weighted by molar-refractivity contribution is 4.87. The molecule has 0 spiro atoms. The highest BCUT2D eigenvalue weighted by Gasteiger charge is 2.43. The third-order valence-corrected chi connectivity index (χ3v) is 2.72. The highest BCUT2D eigenvalue weighted by atomic mass is 16.7. The van der Waals surface area contributed by atoms with Crippen LogP contribution in [0, 0.1) is 5.92 Å². The van der Waals surface area contributed by atoms with Crippen molar-refractivity contribution in [1.29, 1.82) is 0 Å². The minimum absolute atomic E-state index is 0.130. The Morgan fingerprint density at radius 3 is 2.36 bits per heavy atom. The van der Waals surface area contributed by atoms with Crippen LogP contribution < -0.4 is 0 Å². The van der Waals surface area contributed by atoms with Crippen molar-refractivity contribution in [3.8, 4) is 0 Å². The molecule has 0 saturated carbocycles. The van der Waals surface area contributed by atoms with E-state index in [9.17, 15) is 5.11 Å². The van der Waals surface area contributed by atoms with Crippen LogP contribution in [0.25, 0.3) is 0 Å². The van der Waals surface area contributed by atoms with Crippen LogP contribution in [0.3, 0.4) is 0 Å². The van der Waals surface area contributed by atoms with Crippen molar-refractivity contribution in [3.05, 3.63) is 0 Å². The number of hydrogen-bond acceptors (Lipinski definition) is 5. The molecule has 1 aliphatic rings. The summed E-state index contributed by atoms with van der Waals surface area (Å²) in [5, 5.41) is 18.9. The smallest absolute Gasteiger partial charge is 0.186 e. The predicted molar refractivity (Wildman–Crippen MR) is 48.7 cm³/mol. The first kappa shape index (κ1) is 11.9. The number of hydrogen-bond donors (Lipinski definition) is 2. The number of ether oxygens (including phenoxy) is 3. The standard InChI is InChI=1S/C9H18O5/c1-5-6(4-10)14-9(13-3)8(12-2)7(5)11/h5-11H,4H2,1-3H3. The number of rotatable bonds is 3. The van der Waals surface area contributed by atoms with Gasteiger partial charge in [0.05, 0.1) is 18.8 Å². The van der Waals surface area contributed by atoms with Gasteiger partial charge in [0.15, 0.2) is 6.29 Å². The van der Waals surface area contributed by atoms with E-state index in [1.165, 1.54) is 14.2 Å². The maximum absolute atomic E-state index is 9.84. The van der Waals surface area contributed by atoms with Crippen molar-refractivity contribution in [1.82, 2.24) is 0 Å². The average Bonchev–Trinajstić information content (AvgIpc) is 2.21. The van der Waals surface area contributed by atoms with Gasteiger partial charge in [-0.3, -0.25) is 0 Å². The Morgan fingerprint density at radius 2 is 1.93 bits per heavy atom. The Labute approximate surface area is 83.6 Å². The zero-order valence-electron chi connectivity index (χ0n) is 8.71. The van der Waals surface area contributed by atoms with Crippen LogP contribution in [-0.2, 0) is 14.2 Å². The van der Waals surface area contributed by atoms with E-state index in [0.717, 1.165) is 0 Å². The van der Waals surface area contributed by atoms with Gasteiger partial charge in [-0.05, 0) is 0 Å². The van der Waals surface area contributed by atoms with Gasteiger partial charge >= 0.3 is 0 Å². The third-order valence-electron chi connectivity index (χ3n) is 2.72. The molecule has 0 aromatic rings. The zero-order chi connectivity index (χ0) is 10.7. The summed E-state index contributed by atoms with van der Waals surface area (Å²) >= 11 is 0. The monoisotopic (exact) mass is 206 g/mol. The van der Waals surface area contributed by atoms with Crippen LogP contribution in [0.4, 0.5) is 0 Å². The first-order chi connectivity index (χ1) is 6.65. The minimum atomic E-state index is -0.684. The molecule has 1 aliphatic heterocycles. The van der Waals surface area contributed by atoms with Crippen molar-refractivity contribution in [2.45, 2.75) is 31.5 Å². The van der Waals surface area contributed by atoms with Crippen molar-refractivity contribution in [2.24, 2.45) is 5.92 Å². The molecule has 5 nitrogen and oxygen atoms in total. The molecular formula is C9H18O5. The quantitative estimate of drug-likeness (QED) is 0.643. The summed E-state index contributed by atoms with van der Waals surface area (Å²) in [4.78, 5) is 0. The Hall–Kier alpha value is -0.200. The molecule has 1 heterocycles. The Bertz CT molecular complexity index is 173. The molecule has 0 aromatic heterocycles. The Balaban J connectivity index is 2.71. The van der Waals surface area contributed by atoms with Crippen molar-refractivity contribution in [2.75, 3.05) is 20.8 Å². The van der Waals surface area contributed by atoms with Gasteiger partial charge in [-0.2, -0.15) is 0 Å². The summed E-state index contributed by atoms with van der Waals surface area (Å²) in [7, 11) is 2.98. The van der Waals surface area contributed by atoms with Gasteiger partial charge in [-0.1, -0.05) is 6.92 Å². The van der Waals surface area contributed by atoms with E-state index in [1.54, 1.807) is 0 Å². The fraction of sp³-hybridized carbons (Fsp3) is 1.00. The van der Waals surface area contributed by atoms with Gasteiger partial charge in [0.2, 0.25) is 0 Å². The molecule has 0 aromatic carbocycles. The lowest BCUT2D eigenvalue weighted by atomic mass is 9.91. The molecule has 1 rings (SSSR count). The van der Waals surface area contributed by atoms with E-state index in [1.807, 2.05) is 6.92 Å². The lowest BCUT2D eigenvalue weighted by Gasteiger charge is -2.41. The van der Waals surface area contributed by atoms with Gasteiger partial charge in [0, 0.05) is 20.1 Å². The maximum Gasteiger partial charge on any atom is 0.186 e. The summed E-state index contributed by atoms with van der Waals surface area (Å²) in [6.45, 7) is 1.68. The van der Waals surface area contributed by atoms with Crippen molar-refractivity contribution < 1.29 is 24.4 Å². The van der Waals surface area contributed by atoms with Crippen molar-refractivity contribution >= 4 is 0 Å². The normalized spacial score (nSPS) is 43.9. The third kappa shape index (κ3) is 2.07. The first-order valence-corrected chi connectivity index (χ1v) is 4.65. The molecular weight excluding hydrogens is 188 g/mol. The van der Waals surface area contributed by atoms with E-state index in [-0.39, 0.29) is 12.5 Å². The molecule has 5 heteroatoms. The Morgan fingerprint density at radius 1 is 1.29 bits per heavy atom. The molecule has 1 saturated heterocycles. The van der Waals surface area contributed by atoms with Gasteiger partial charge in [0.1, 0.15) is 6.10 Å². The van der Waals surface area contributed by atoms with Gasteiger partial charge in [-0.25, -0.2) is 0 Å². The van der Waals surface area contributed by atoms with E-state index in [2.05, 4.69) is 0 Å². The molecule has 0 aliphatic carbocycles. The zero-order valence-corrected chi connectivity index (χ0v) is 8.71. The molecule has 0 radical (unpaired) electrons. The molecule has 84 valence electrons. The summed E-state index contributed by atoms with van der Waals surface area (Å²) in [6.07, 6.45) is -2.21. The molecule has 2 N–H and O–H groups in total. The van der Waals surface area contributed by atoms with Crippen LogP contribution >= 0.6 is 0 Å². The van der Waals surface area contributed by atoms with E-state index >= 15 is 0 Å². The second-order valence-corrected chi connectivity index (χ2v) is 3.51. The van der Waals surface area contributed by atoms with E-state index in [4.69, 9.17) is 19.3 Å². The fourth-order valence-corrected chi connectivity index (χ4v) is 1.70. The molecule has 5 atom stereocenters. The van der Waals surface area contributed by atoms with E-state index in [0.29, 0.717) is 0 Å². The number of aliphatic hydroxyl groups excluding tert-OH is 2. The lowest BCUT2D eigenvalue weighted by molar-refractivity contribution is -0.285. The van der Waals surface area contributed by atoms with Crippen LogP contribution in [0.15, 0.2) is 0 Å². The van der Waals surface area contributed by atoms with Crippen LogP contribution in [0.2, 0.25) is 0 Å². The van der Waals surface area contributed by atoms with Gasteiger partial charge in [-0.15, -0.1) is 0 Å². The summed E-state index contributed by atoms with van der Waals surface area (Å²) in [6, 6.07) is 0. The fourth-order valence-electron chi connectivity index (χ4n) is 1.70. The van der Waals surface area contributed by atoms with Gasteiger partial charge < -0.3 is 24.4 Å². The summed E-state index contributed by atoms with van der Waals surface area (Å²) in [5.41, 5.74) is 0.